The second-order valence-corrected chi connectivity index (χ2v) is 4.93. The van der Waals surface area contributed by atoms with Crippen molar-refractivity contribution in [3.8, 4) is 10.4 Å². The molecule has 2 nitrogen and oxygen atoms in total. The minimum absolute atomic E-state index is 0.0493. The molecule has 0 amide bonds. The normalized spacial score (nSPS) is 10.6. The lowest BCUT2D eigenvalue weighted by molar-refractivity contribution is 0.282. The molecule has 0 radical (unpaired) electrons. The molecule has 78 valence electrons. The van der Waals surface area contributed by atoms with Crippen LogP contribution < -0.4 is 0 Å². The monoisotopic (exact) mass is 283 g/mol. The summed E-state index contributed by atoms with van der Waals surface area (Å²) < 4.78 is 5.31. The molecule has 0 atom stereocenters. The molecular weight excluding hydrogens is 274 g/mol. The fraction of sp³-hybridized carbons (Fsp3) is 0.182. The molecule has 0 fully saturated rings. The summed E-state index contributed by atoms with van der Waals surface area (Å²) >= 11 is 4.83. The Balaban J connectivity index is 2.49. The Morgan fingerprint density at radius 3 is 2.60 bits per heavy atom. The second-order valence-electron chi connectivity index (χ2n) is 3.24. The zero-order valence-corrected chi connectivity index (χ0v) is 10.6. The number of aliphatic hydroxyl groups is 1. The number of hydrogen-bond acceptors (Lipinski definition) is 3. The number of benzene rings is 1. The van der Waals surface area contributed by atoms with Crippen molar-refractivity contribution in [2.75, 3.05) is 0 Å². The molecule has 15 heavy (non-hydrogen) atoms. The largest absolute Gasteiger partial charge is 0.392 e. The van der Waals surface area contributed by atoms with Crippen LogP contribution in [0.4, 0.5) is 0 Å². The molecule has 1 aromatic heterocycles. The van der Waals surface area contributed by atoms with E-state index in [1.54, 1.807) is 0 Å². The lowest BCUT2D eigenvalue weighted by Gasteiger charge is -2.01. The van der Waals surface area contributed by atoms with Crippen molar-refractivity contribution >= 4 is 27.5 Å². The Labute approximate surface area is 101 Å². The van der Waals surface area contributed by atoms with Gasteiger partial charge >= 0.3 is 0 Å². The van der Waals surface area contributed by atoms with Crippen LogP contribution in [0, 0.1) is 6.92 Å². The Hall–Kier alpha value is -0.710. The van der Waals surface area contributed by atoms with E-state index in [0.717, 1.165) is 26.2 Å². The van der Waals surface area contributed by atoms with Crippen molar-refractivity contribution in [2.24, 2.45) is 0 Å². The first-order chi connectivity index (χ1) is 7.22. The molecule has 0 aliphatic heterocycles. The molecule has 0 spiro atoms. The third kappa shape index (κ3) is 2.12. The van der Waals surface area contributed by atoms with Gasteiger partial charge in [-0.05, 0) is 36.2 Å². The van der Waals surface area contributed by atoms with Gasteiger partial charge in [-0.3, -0.25) is 0 Å². The van der Waals surface area contributed by atoms with Gasteiger partial charge in [0.1, 0.15) is 0 Å². The molecular formula is C11H10BrNOS. The maximum atomic E-state index is 9.26. The van der Waals surface area contributed by atoms with Gasteiger partial charge in [0, 0.05) is 10.0 Å². The Bertz CT molecular complexity index is 464. The highest BCUT2D eigenvalue weighted by Gasteiger charge is 2.10. The van der Waals surface area contributed by atoms with E-state index < -0.39 is 0 Å². The molecule has 0 aliphatic rings. The molecule has 0 aliphatic carbocycles. The van der Waals surface area contributed by atoms with Gasteiger partial charge in [-0.25, -0.2) is 0 Å². The van der Waals surface area contributed by atoms with Crippen molar-refractivity contribution < 1.29 is 5.11 Å². The number of nitrogens with zero attached hydrogens (tertiary/aromatic N) is 1. The third-order valence-corrected chi connectivity index (χ3v) is 3.81. The van der Waals surface area contributed by atoms with E-state index in [9.17, 15) is 5.11 Å². The van der Waals surface area contributed by atoms with Crippen molar-refractivity contribution in [3.63, 3.8) is 0 Å². The van der Waals surface area contributed by atoms with E-state index in [0.29, 0.717) is 0 Å². The summed E-state index contributed by atoms with van der Waals surface area (Å²) in [4.78, 5) is 1.06. The first-order valence-corrected chi connectivity index (χ1v) is 6.11. The van der Waals surface area contributed by atoms with Crippen LogP contribution >= 0.6 is 27.5 Å². The summed E-state index contributed by atoms with van der Waals surface area (Å²) in [6.07, 6.45) is 0. The van der Waals surface area contributed by atoms with E-state index in [-0.39, 0.29) is 6.61 Å². The van der Waals surface area contributed by atoms with Crippen molar-refractivity contribution in [1.29, 1.82) is 0 Å². The van der Waals surface area contributed by atoms with Crippen LogP contribution in [0.3, 0.4) is 0 Å². The maximum absolute atomic E-state index is 9.26. The molecule has 4 heteroatoms. The van der Waals surface area contributed by atoms with Crippen LogP contribution in [0.1, 0.15) is 11.3 Å². The van der Waals surface area contributed by atoms with E-state index in [1.807, 2.05) is 31.2 Å². The average Bonchev–Trinajstić information content (AvgIpc) is 2.61. The van der Waals surface area contributed by atoms with Crippen LogP contribution in [-0.2, 0) is 6.61 Å². The topological polar surface area (TPSA) is 33.1 Å². The minimum Gasteiger partial charge on any atom is -0.392 e. The van der Waals surface area contributed by atoms with Crippen molar-refractivity contribution in [1.82, 2.24) is 4.37 Å². The van der Waals surface area contributed by atoms with Gasteiger partial charge < -0.3 is 5.11 Å². The molecule has 0 saturated heterocycles. The van der Waals surface area contributed by atoms with E-state index >= 15 is 0 Å². The zero-order chi connectivity index (χ0) is 10.8. The number of rotatable bonds is 2. The SMILES string of the molecule is Cc1nsc(-c2ccc(Br)cc2)c1CO. The van der Waals surface area contributed by atoms with Gasteiger partial charge in [0.25, 0.3) is 0 Å². The Morgan fingerprint density at radius 1 is 1.33 bits per heavy atom. The van der Waals surface area contributed by atoms with Crippen LogP contribution in [0.5, 0.6) is 0 Å². The molecule has 1 heterocycles. The highest BCUT2D eigenvalue weighted by Crippen LogP contribution is 2.30. The predicted molar refractivity (Wildman–Crippen MR) is 65.9 cm³/mol. The van der Waals surface area contributed by atoms with Crippen LogP contribution in [0.2, 0.25) is 0 Å². The van der Waals surface area contributed by atoms with Gasteiger partial charge in [-0.1, -0.05) is 28.1 Å². The van der Waals surface area contributed by atoms with E-state index in [4.69, 9.17) is 0 Å². The van der Waals surface area contributed by atoms with Crippen LogP contribution in [-0.4, -0.2) is 9.48 Å². The van der Waals surface area contributed by atoms with Gasteiger partial charge in [0.2, 0.25) is 0 Å². The lowest BCUT2D eigenvalue weighted by atomic mass is 10.1. The maximum Gasteiger partial charge on any atom is 0.0714 e. The highest BCUT2D eigenvalue weighted by atomic mass is 79.9. The summed E-state index contributed by atoms with van der Waals surface area (Å²) in [5.41, 5.74) is 2.95. The molecule has 2 aromatic rings. The molecule has 2 rings (SSSR count). The highest BCUT2D eigenvalue weighted by molar-refractivity contribution is 9.10. The fourth-order valence-electron chi connectivity index (χ4n) is 1.40. The number of hydrogen-bond donors (Lipinski definition) is 1. The van der Waals surface area contributed by atoms with Gasteiger partial charge in [0.15, 0.2) is 0 Å². The Kier molecular flexibility index (Phi) is 3.19. The number of aromatic nitrogens is 1. The first kappa shape index (κ1) is 10.8. The van der Waals surface area contributed by atoms with Gasteiger partial charge in [-0.15, -0.1) is 0 Å². The minimum atomic E-state index is 0.0493. The van der Waals surface area contributed by atoms with Crippen molar-refractivity contribution in [3.05, 3.63) is 40.0 Å². The van der Waals surface area contributed by atoms with Crippen LogP contribution in [0.15, 0.2) is 28.7 Å². The third-order valence-electron chi connectivity index (χ3n) is 2.25. The Morgan fingerprint density at radius 2 is 2.00 bits per heavy atom. The van der Waals surface area contributed by atoms with E-state index in [2.05, 4.69) is 20.3 Å². The molecule has 1 aromatic carbocycles. The lowest BCUT2D eigenvalue weighted by Crippen LogP contribution is -1.86. The summed E-state index contributed by atoms with van der Waals surface area (Å²) in [6.45, 7) is 1.97. The zero-order valence-electron chi connectivity index (χ0n) is 8.20. The quantitative estimate of drug-likeness (QED) is 0.917. The first-order valence-electron chi connectivity index (χ1n) is 4.54. The molecule has 0 saturated carbocycles. The fourth-order valence-corrected chi connectivity index (χ4v) is 2.57. The molecule has 0 unspecified atom stereocenters. The number of aliphatic hydroxyl groups excluding tert-OH is 1. The van der Waals surface area contributed by atoms with Gasteiger partial charge in [0.05, 0.1) is 17.2 Å². The average molecular weight is 284 g/mol. The summed E-state index contributed by atoms with van der Waals surface area (Å²) in [5.74, 6) is 0. The van der Waals surface area contributed by atoms with Crippen molar-refractivity contribution in [2.45, 2.75) is 13.5 Å². The second kappa shape index (κ2) is 4.43. The molecule has 0 bridgehead atoms. The standard InChI is InChI=1S/C11H10BrNOS/c1-7-10(6-14)11(15-13-7)8-2-4-9(12)5-3-8/h2-5,14H,6H2,1H3. The summed E-state index contributed by atoms with van der Waals surface area (Å²) in [6, 6.07) is 8.03. The van der Waals surface area contributed by atoms with Crippen LogP contribution in [0.25, 0.3) is 10.4 Å². The van der Waals surface area contributed by atoms with E-state index in [1.165, 1.54) is 11.5 Å². The number of halogens is 1. The predicted octanol–water partition coefficient (Wildman–Crippen LogP) is 3.37. The van der Waals surface area contributed by atoms with Gasteiger partial charge in [-0.2, -0.15) is 4.37 Å². The number of aryl methyl sites for hydroxylation is 1. The summed E-state index contributed by atoms with van der Waals surface area (Å²) in [7, 11) is 0. The summed E-state index contributed by atoms with van der Waals surface area (Å²) in [5, 5.41) is 9.26. The smallest absolute Gasteiger partial charge is 0.0714 e. The molecule has 1 N–H and O–H groups in total.